The molecule has 0 bridgehead atoms. The van der Waals surface area contributed by atoms with Crippen LogP contribution in [0.25, 0.3) is 0 Å². The molecule has 0 rings (SSSR count). The lowest BCUT2D eigenvalue weighted by molar-refractivity contribution is -0.00108. The fourth-order valence-electron chi connectivity index (χ4n) is 0.995. The van der Waals surface area contributed by atoms with Crippen molar-refractivity contribution in [1.82, 2.24) is 5.32 Å². The first-order chi connectivity index (χ1) is 6.33. The van der Waals surface area contributed by atoms with Crippen molar-refractivity contribution in [2.24, 2.45) is 11.8 Å². The molecule has 0 aromatic heterocycles. The van der Waals surface area contributed by atoms with Gasteiger partial charge in [0, 0.05) is 6.54 Å². The number of ether oxygens (including phenoxy) is 1. The molecule has 2 heteroatoms. The largest absolute Gasteiger partial charge is 0.375 e. The molecular formula is C12H27NO. The Balaban J connectivity index is 3.30. The van der Waals surface area contributed by atoms with Crippen molar-refractivity contribution >= 4 is 0 Å². The summed E-state index contributed by atoms with van der Waals surface area (Å²) in [5, 5.41) is 3.41. The normalized spacial score (nSPS) is 14.8. The molecular weight excluding hydrogens is 174 g/mol. The SMILES string of the molecule is CC(C)C(C)CNCCOC(C)(C)C. The van der Waals surface area contributed by atoms with Gasteiger partial charge in [-0.1, -0.05) is 20.8 Å². The van der Waals surface area contributed by atoms with Crippen LogP contribution in [0.1, 0.15) is 41.5 Å². The van der Waals surface area contributed by atoms with Gasteiger partial charge in [0.25, 0.3) is 0 Å². The molecule has 1 N–H and O–H groups in total. The molecule has 2 nitrogen and oxygen atoms in total. The van der Waals surface area contributed by atoms with Crippen LogP contribution in [0.15, 0.2) is 0 Å². The van der Waals surface area contributed by atoms with Crippen molar-refractivity contribution in [2.75, 3.05) is 19.7 Å². The molecule has 0 saturated carbocycles. The van der Waals surface area contributed by atoms with Gasteiger partial charge in [-0.2, -0.15) is 0 Å². The Morgan fingerprint density at radius 2 is 1.71 bits per heavy atom. The molecule has 14 heavy (non-hydrogen) atoms. The second-order valence-electron chi connectivity index (χ2n) is 5.39. The van der Waals surface area contributed by atoms with Crippen LogP contribution in [0.3, 0.4) is 0 Å². The van der Waals surface area contributed by atoms with E-state index in [0.29, 0.717) is 0 Å². The standard InChI is InChI=1S/C12H27NO/c1-10(2)11(3)9-13-7-8-14-12(4,5)6/h10-11,13H,7-9H2,1-6H3. The van der Waals surface area contributed by atoms with Gasteiger partial charge >= 0.3 is 0 Å². The number of hydrogen-bond acceptors (Lipinski definition) is 2. The first kappa shape index (κ1) is 13.9. The molecule has 0 saturated heterocycles. The van der Waals surface area contributed by atoms with Gasteiger partial charge in [0.2, 0.25) is 0 Å². The molecule has 0 fully saturated rings. The lowest BCUT2D eigenvalue weighted by atomic mass is 9.98. The van der Waals surface area contributed by atoms with Crippen molar-refractivity contribution in [3.63, 3.8) is 0 Å². The van der Waals surface area contributed by atoms with Crippen LogP contribution in [0, 0.1) is 11.8 Å². The van der Waals surface area contributed by atoms with Gasteiger partial charge in [0.05, 0.1) is 12.2 Å². The third kappa shape index (κ3) is 8.52. The van der Waals surface area contributed by atoms with E-state index in [2.05, 4.69) is 46.9 Å². The topological polar surface area (TPSA) is 21.3 Å². The molecule has 0 heterocycles. The summed E-state index contributed by atoms with van der Waals surface area (Å²) in [5.41, 5.74) is -0.00859. The summed E-state index contributed by atoms with van der Waals surface area (Å²) in [6.07, 6.45) is 0. The number of hydrogen-bond donors (Lipinski definition) is 1. The highest BCUT2D eigenvalue weighted by molar-refractivity contribution is 4.62. The van der Waals surface area contributed by atoms with Crippen molar-refractivity contribution in [1.29, 1.82) is 0 Å². The van der Waals surface area contributed by atoms with Crippen LogP contribution in [0.4, 0.5) is 0 Å². The molecule has 0 aromatic carbocycles. The molecule has 86 valence electrons. The highest BCUT2D eigenvalue weighted by atomic mass is 16.5. The summed E-state index contributed by atoms with van der Waals surface area (Å²) in [6, 6.07) is 0. The Morgan fingerprint density at radius 3 is 2.14 bits per heavy atom. The smallest absolute Gasteiger partial charge is 0.0599 e. The van der Waals surface area contributed by atoms with E-state index in [1.54, 1.807) is 0 Å². The van der Waals surface area contributed by atoms with Gasteiger partial charge in [-0.3, -0.25) is 0 Å². The Morgan fingerprint density at radius 1 is 1.14 bits per heavy atom. The van der Waals surface area contributed by atoms with Gasteiger partial charge in [0.1, 0.15) is 0 Å². The first-order valence-corrected chi connectivity index (χ1v) is 5.67. The van der Waals surface area contributed by atoms with Gasteiger partial charge in [0.15, 0.2) is 0 Å². The quantitative estimate of drug-likeness (QED) is 0.667. The maximum absolute atomic E-state index is 5.61. The molecule has 0 aliphatic carbocycles. The Kier molecular flexibility index (Phi) is 6.38. The Hall–Kier alpha value is -0.0800. The van der Waals surface area contributed by atoms with E-state index in [-0.39, 0.29) is 5.60 Å². The molecule has 0 spiro atoms. The average Bonchev–Trinajstić information content (AvgIpc) is 2.01. The van der Waals surface area contributed by atoms with E-state index >= 15 is 0 Å². The molecule has 0 amide bonds. The zero-order chi connectivity index (χ0) is 11.2. The summed E-state index contributed by atoms with van der Waals surface area (Å²) in [6.45, 7) is 15.9. The molecule has 0 aliphatic rings. The zero-order valence-electron chi connectivity index (χ0n) is 10.7. The maximum Gasteiger partial charge on any atom is 0.0599 e. The van der Waals surface area contributed by atoms with E-state index in [1.165, 1.54) is 0 Å². The lowest BCUT2D eigenvalue weighted by Crippen LogP contribution is -2.30. The second-order valence-corrected chi connectivity index (χ2v) is 5.39. The predicted molar refractivity (Wildman–Crippen MR) is 62.6 cm³/mol. The Labute approximate surface area is 89.4 Å². The van der Waals surface area contributed by atoms with Gasteiger partial charge in [-0.25, -0.2) is 0 Å². The molecule has 1 unspecified atom stereocenters. The van der Waals surface area contributed by atoms with Crippen molar-refractivity contribution in [3.8, 4) is 0 Å². The van der Waals surface area contributed by atoms with E-state index < -0.39 is 0 Å². The van der Waals surface area contributed by atoms with E-state index in [1.807, 2.05) is 0 Å². The van der Waals surface area contributed by atoms with Crippen LogP contribution in [0.2, 0.25) is 0 Å². The van der Waals surface area contributed by atoms with Crippen molar-refractivity contribution in [3.05, 3.63) is 0 Å². The molecule has 0 radical (unpaired) electrons. The molecule has 0 aliphatic heterocycles. The highest BCUT2D eigenvalue weighted by Crippen LogP contribution is 2.08. The monoisotopic (exact) mass is 201 g/mol. The third-order valence-corrected chi connectivity index (χ3v) is 2.42. The minimum absolute atomic E-state index is 0.00859. The van der Waals surface area contributed by atoms with E-state index in [0.717, 1.165) is 31.5 Å². The van der Waals surface area contributed by atoms with E-state index in [9.17, 15) is 0 Å². The fourth-order valence-corrected chi connectivity index (χ4v) is 0.995. The summed E-state index contributed by atoms with van der Waals surface area (Å²) >= 11 is 0. The second kappa shape index (κ2) is 6.41. The van der Waals surface area contributed by atoms with Crippen LogP contribution in [-0.4, -0.2) is 25.3 Å². The summed E-state index contributed by atoms with van der Waals surface area (Å²) in [7, 11) is 0. The Bertz CT molecular complexity index is 138. The summed E-state index contributed by atoms with van der Waals surface area (Å²) in [4.78, 5) is 0. The minimum Gasteiger partial charge on any atom is -0.375 e. The van der Waals surface area contributed by atoms with Crippen molar-refractivity contribution in [2.45, 2.75) is 47.1 Å². The van der Waals surface area contributed by atoms with Crippen LogP contribution < -0.4 is 5.32 Å². The summed E-state index contributed by atoms with van der Waals surface area (Å²) in [5.74, 6) is 1.50. The average molecular weight is 201 g/mol. The zero-order valence-corrected chi connectivity index (χ0v) is 10.7. The highest BCUT2D eigenvalue weighted by Gasteiger charge is 2.09. The van der Waals surface area contributed by atoms with Gasteiger partial charge < -0.3 is 10.1 Å². The predicted octanol–water partition coefficient (Wildman–Crippen LogP) is 2.68. The maximum atomic E-state index is 5.61. The minimum atomic E-state index is -0.00859. The van der Waals surface area contributed by atoms with Gasteiger partial charge in [-0.15, -0.1) is 0 Å². The summed E-state index contributed by atoms with van der Waals surface area (Å²) < 4.78 is 5.61. The lowest BCUT2D eigenvalue weighted by Gasteiger charge is -2.20. The number of rotatable bonds is 6. The van der Waals surface area contributed by atoms with Crippen LogP contribution in [-0.2, 0) is 4.74 Å². The van der Waals surface area contributed by atoms with Crippen LogP contribution in [0.5, 0.6) is 0 Å². The molecule has 1 atom stereocenters. The number of nitrogens with one attached hydrogen (secondary N) is 1. The first-order valence-electron chi connectivity index (χ1n) is 5.67. The fraction of sp³-hybridized carbons (Fsp3) is 1.00. The van der Waals surface area contributed by atoms with Crippen LogP contribution >= 0.6 is 0 Å². The van der Waals surface area contributed by atoms with E-state index in [4.69, 9.17) is 4.74 Å². The van der Waals surface area contributed by atoms with Crippen molar-refractivity contribution < 1.29 is 4.74 Å². The third-order valence-electron chi connectivity index (χ3n) is 2.42. The molecule has 0 aromatic rings. The van der Waals surface area contributed by atoms with Gasteiger partial charge in [-0.05, 0) is 39.2 Å².